The van der Waals surface area contributed by atoms with Gasteiger partial charge < -0.3 is 19.4 Å². The number of ether oxygens (including phenoxy) is 3. The van der Waals surface area contributed by atoms with Crippen molar-refractivity contribution in [2.75, 3.05) is 7.11 Å². The van der Waals surface area contributed by atoms with Crippen LogP contribution in [-0.2, 0) is 11.2 Å². The fourth-order valence-corrected chi connectivity index (χ4v) is 5.33. The third kappa shape index (κ3) is 6.07. The fourth-order valence-electron chi connectivity index (χ4n) is 4.02. The van der Waals surface area contributed by atoms with Gasteiger partial charge in [-0.3, -0.25) is 4.79 Å². The standard InChI is InChI=1S/C25H23Cl2NO6S/c1-32-21-8-6-15(10-23(21)33-16-4-2-3-5-16)22(11-18-19(26)12-28(31)13-20(18)27)34-25(30)24-9-7-17(14-29)35-24/h6-10,12-14,16,22H,2-5,11H2,1H3. The highest BCUT2D eigenvalue weighted by molar-refractivity contribution is 7.15. The van der Waals surface area contributed by atoms with Crippen LogP contribution in [0.5, 0.6) is 11.5 Å². The number of rotatable bonds is 9. The molecule has 1 aliphatic carbocycles. The predicted octanol–water partition coefficient (Wildman–Crippen LogP) is 5.97. The maximum absolute atomic E-state index is 13.0. The highest BCUT2D eigenvalue weighted by Gasteiger charge is 2.26. The lowest BCUT2D eigenvalue weighted by atomic mass is 10.0. The van der Waals surface area contributed by atoms with Crippen molar-refractivity contribution in [3.8, 4) is 11.5 Å². The number of methoxy groups -OCH3 is 1. The molecule has 0 bridgehead atoms. The van der Waals surface area contributed by atoms with Crippen LogP contribution in [0.25, 0.3) is 0 Å². The average molecular weight is 536 g/mol. The summed E-state index contributed by atoms with van der Waals surface area (Å²) in [6.07, 6.45) is 6.63. The molecule has 0 spiro atoms. The van der Waals surface area contributed by atoms with E-state index in [1.54, 1.807) is 37.4 Å². The van der Waals surface area contributed by atoms with Crippen LogP contribution in [0.4, 0.5) is 0 Å². The number of benzene rings is 1. The van der Waals surface area contributed by atoms with Gasteiger partial charge in [0.2, 0.25) is 0 Å². The molecule has 2 heterocycles. The van der Waals surface area contributed by atoms with Crippen LogP contribution in [0.2, 0.25) is 10.0 Å². The van der Waals surface area contributed by atoms with E-state index in [9.17, 15) is 14.8 Å². The molecule has 3 aromatic rings. The number of thiophene rings is 1. The molecule has 10 heteroatoms. The van der Waals surface area contributed by atoms with Crippen molar-refractivity contribution in [1.82, 2.24) is 0 Å². The summed E-state index contributed by atoms with van der Waals surface area (Å²) in [7, 11) is 1.57. The second-order valence-electron chi connectivity index (χ2n) is 8.15. The molecule has 1 aromatic carbocycles. The summed E-state index contributed by atoms with van der Waals surface area (Å²) in [6, 6.07) is 8.43. The van der Waals surface area contributed by atoms with Crippen molar-refractivity contribution < 1.29 is 28.5 Å². The third-order valence-corrected chi connectivity index (χ3v) is 7.44. The zero-order valence-corrected chi connectivity index (χ0v) is 21.2. The molecule has 0 amide bonds. The SMILES string of the molecule is COc1ccc(C(Cc2c(Cl)c[n+]([O-])cc2Cl)OC(=O)c2ccc(C=O)s2)cc1OC1CCCC1. The highest BCUT2D eigenvalue weighted by Crippen LogP contribution is 2.37. The second-order valence-corrected chi connectivity index (χ2v) is 10.1. The smallest absolute Gasteiger partial charge is 0.348 e. The number of pyridine rings is 1. The Balaban J connectivity index is 1.69. The normalized spacial score (nSPS) is 14.5. The van der Waals surface area contributed by atoms with Crippen LogP contribution in [-0.4, -0.2) is 25.5 Å². The lowest BCUT2D eigenvalue weighted by Crippen LogP contribution is -2.25. The molecule has 35 heavy (non-hydrogen) atoms. The molecule has 184 valence electrons. The Hall–Kier alpha value is -2.81. The Labute approximate surface area is 216 Å². The molecule has 0 aliphatic heterocycles. The molecule has 4 rings (SSSR count). The molecule has 1 unspecified atom stereocenters. The van der Waals surface area contributed by atoms with Gasteiger partial charge in [0, 0.05) is 12.0 Å². The molecule has 0 radical (unpaired) electrons. The Morgan fingerprint density at radius 3 is 2.51 bits per heavy atom. The molecule has 0 saturated heterocycles. The minimum Gasteiger partial charge on any atom is -0.619 e. The number of carbonyl (C=O) groups excluding carboxylic acids is 2. The number of aromatic nitrogens is 1. The quantitative estimate of drug-likeness (QED) is 0.145. The Bertz CT molecular complexity index is 1200. The van der Waals surface area contributed by atoms with Crippen LogP contribution >= 0.6 is 34.5 Å². The molecule has 1 fully saturated rings. The van der Waals surface area contributed by atoms with Gasteiger partial charge in [0.15, 0.2) is 30.2 Å². The predicted molar refractivity (Wildman–Crippen MR) is 133 cm³/mol. The van der Waals surface area contributed by atoms with E-state index in [1.807, 2.05) is 0 Å². The number of esters is 1. The zero-order chi connectivity index (χ0) is 24.9. The van der Waals surface area contributed by atoms with E-state index < -0.39 is 12.1 Å². The maximum Gasteiger partial charge on any atom is 0.348 e. The Morgan fingerprint density at radius 2 is 1.89 bits per heavy atom. The van der Waals surface area contributed by atoms with E-state index in [-0.39, 0.29) is 27.4 Å². The molecular weight excluding hydrogens is 513 g/mol. The van der Waals surface area contributed by atoms with Gasteiger partial charge >= 0.3 is 5.97 Å². The first-order valence-corrected chi connectivity index (χ1v) is 12.6. The van der Waals surface area contributed by atoms with E-state index in [2.05, 4.69) is 0 Å². The summed E-state index contributed by atoms with van der Waals surface area (Å²) in [4.78, 5) is 24.7. The largest absolute Gasteiger partial charge is 0.619 e. The maximum atomic E-state index is 13.0. The van der Waals surface area contributed by atoms with Gasteiger partial charge in [-0.15, -0.1) is 11.3 Å². The number of hydrogen-bond donors (Lipinski definition) is 0. The van der Waals surface area contributed by atoms with Gasteiger partial charge in [-0.1, -0.05) is 29.3 Å². The molecule has 0 N–H and O–H groups in total. The van der Waals surface area contributed by atoms with Gasteiger partial charge in [0.1, 0.15) is 21.0 Å². The van der Waals surface area contributed by atoms with Crippen molar-refractivity contribution in [2.24, 2.45) is 0 Å². The van der Waals surface area contributed by atoms with Crippen LogP contribution in [0.1, 0.15) is 62.3 Å². The number of halogens is 2. The number of hydrogen-bond acceptors (Lipinski definition) is 7. The number of aldehydes is 1. The topological polar surface area (TPSA) is 88.8 Å². The van der Waals surface area contributed by atoms with E-state index in [1.165, 1.54) is 12.4 Å². The van der Waals surface area contributed by atoms with Crippen LogP contribution in [0, 0.1) is 5.21 Å². The van der Waals surface area contributed by atoms with Crippen molar-refractivity contribution in [3.05, 3.63) is 78.9 Å². The highest BCUT2D eigenvalue weighted by atomic mass is 35.5. The molecule has 1 aliphatic rings. The van der Waals surface area contributed by atoms with Crippen molar-refractivity contribution in [1.29, 1.82) is 0 Å². The van der Waals surface area contributed by atoms with Gasteiger partial charge in [0.05, 0.1) is 18.1 Å². The average Bonchev–Trinajstić information content (AvgIpc) is 3.52. The van der Waals surface area contributed by atoms with E-state index in [0.717, 1.165) is 37.0 Å². The fraction of sp³-hybridized carbons (Fsp3) is 0.320. The first-order valence-electron chi connectivity index (χ1n) is 11.0. The zero-order valence-electron chi connectivity index (χ0n) is 18.9. The first-order chi connectivity index (χ1) is 16.9. The van der Waals surface area contributed by atoms with E-state index >= 15 is 0 Å². The number of nitrogens with zero attached hydrogens (tertiary/aromatic N) is 1. The minimum absolute atomic E-state index is 0.0959. The number of carbonyl (C=O) groups is 2. The Morgan fingerprint density at radius 1 is 1.17 bits per heavy atom. The van der Waals surface area contributed by atoms with Crippen LogP contribution < -0.4 is 14.2 Å². The summed E-state index contributed by atoms with van der Waals surface area (Å²) in [5, 5.41) is 12.0. The van der Waals surface area contributed by atoms with E-state index in [0.29, 0.717) is 38.5 Å². The molecule has 1 atom stereocenters. The summed E-state index contributed by atoms with van der Waals surface area (Å²) in [6.45, 7) is 0. The minimum atomic E-state index is -0.807. The monoisotopic (exact) mass is 535 g/mol. The van der Waals surface area contributed by atoms with Gasteiger partial charge in [-0.05, 0) is 55.5 Å². The second kappa shape index (κ2) is 11.3. The van der Waals surface area contributed by atoms with Gasteiger partial charge in [-0.25, -0.2) is 4.79 Å². The van der Waals surface area contributed by atoms with Crippen molar-refractivity contribution in [3.63, 3.8) is 0 Å². The third-order valence-electron chi connectivity index (χ3n) is 5.80. The summed E-state index contributed by atoms with van der Waals surface area (Å²) < 4.78 is 18.1. The lowest BCUT2D eigenvalue weighted by Gasteiger charge is -2.22. The van der Waals surface area contributed by atoms with Crippen molar-refractivity contribution in [2.45, 2.75) is 44.3 Å². The van der Waals surface area contributed by atoms with Crippen LogP contribution in [0.15, 0.2) is 42.7 Å². The first kappa shape index (κ1) is 25.3. The van der Waals surface area contributed by atoms with Gasteiger partial charge in [-0.2, -0.15) is 4.73 Å². The molecular formula is C25H23Cl2NO6S. The molecule has 2 aromatic heterocycles. The lowest BCUT2D eigenvalue weighted by molar-refractivity contribution is -0.605. The molecule has 1 saturated carbocycles. The van der Waals surface area contributed by atoms with Crippen molar-refractivity contribution >= 4 is 46.8 Å². The molecule has 7 nitrogen and oxygen atoms in total. The summed E-state index contributed by atoms with van der Waals surface area (Å²) in [5.41, 5.74) is 1.11. The van der Waals surface area contributed by atoms with Gasteiger partial charge in [0.25, 0.3) is 0 Å². The summed E-state index contributed by atoms with van der Waals surface area (Å²) in [5.74, 6) is 0.534. The summed E-state index contributed by atoms with van der Waals surface area (Å²) >= 11 is 13.7. The van der Waals surface area contributed by atoms with E-state index in [4.69, 9.17) is 37.4 Å². The van der Waals surface area contributed by atoms with Crippen LogP contribution in [0.3, 0.4) is 0 Å². The Kier molecular flexibility index (Phi) is 8.15.